The van der Waals surface area contributed by atoms with Crippen LogP contribution in [0.1, 0.15) is 44.4 Å². The van der Waals surface area contributed by atoms with Crippen LogP contribution in [0.3, 0.4) is 0 Å². The quantitative estimate of drug-likeness (QED) is 0.844. The third-order valence-electron chi connectivity index (χ3n) is 4.27. The molecular weight excluding hydrogens is 260 g/mol. The SMILES string of the molecule is NCC1(c2nc3cccc(Cl)c3o2)CCCCCC1. The van der Waals surface area contributed by atoms with Crippen molar-refractivity contribution in [2.24, 2.45) is 5.73 Å². The zero-order chi connectivity index (χ0) is 13.3. The van der Waals surface area contributed by atoms with Gasteiger partial charge >= 0.3 is 0 Å². The lowest BCUT2D eigenvalue weighted by molar-refractivity contribution is 0.300. The molecule has 2 N–H and O–H groups in total. The number of benzene rings is 1. The van der Waals surface area contributed by atoms with E-state index in [2.05, 4.69) is 4.98 Å². The average Bonchev–Trinajstić information content (AvgIpc) is 2.72. The summed E-state index contributed by atoms with van der Waals surface area (Å²) in [6, 6.07) is 5.68. The van der Waals surface area contributed by atoms with E-state index in [0.29, 0.717) is 17.2 Å². The molecule has 3 rings (SSSR count). The van der Waals surface area contributed by atoms with Crippen molar-refractivity contribution >= 4 is 22.7 Å². The van der Waals surface area contributed by atoms with E-state index in [1.54, 1.807) is 0 Å². The van der Waals surface area contributed by atoms with Crippen LogP contribution >= 0.6 is 11.6 Å². The third-order valence-corrected chi connectivity index (χ3v) is 4.57. The second-order valence-electron chi connectivity index (χ2n) is 5.51. The molecule has 0 amide bonds. The molecule has 1 aromatic heterocycles. The summed E-state index contributed by atoms with van der Waals surface area (Å²) in [6.07, 6.45) is 7.08. The number of nitrogens with two attached hydrogens (primary N) is 1. The number of halogens is 1. The van der Waals surface area contributed by atoms with Crippen molar-refractivity contribution in [3.8, 4) is 0 Å². The molecular formula is C15H19ClN2O. The molecule has 1 fully saturated rings. The normalized spacial score (nSPS) is 19.5. The van der Waals surface area contributed by atoms with Gasteiger partial charge in [-0.1, -0.05) is 43.4 Å². The molecule has 1 heterocycles. The summed E-state index contributed by atoms with van der Waals surface area (Å²) in [5.41, 5.74) is 7.49. The molecule has 102 valence electrons. The number of hydrogen-bond donors (Lipinski definition) is 1. The highest BCUT2D eigenvalue weighted by Gasteiger charge is 2.36. The van der Waals surface area contributed by atoms with Crippen molar-refractivity contribution in [1.29, 1.82) is 0 Å². The van der Waals surface area contributed by atoms with Gasteiger partial charge in [0.05, 0.1) is 10.4 Å². The Morgan fingerprint density at radius 1 is 1.21 bits per heavy atom. The van der Waals surface area contributed by atoms with Crippen molar-refractivity contribution < 1.29 is 4.42 Å². The summed E-state index contributed by atoms with van der Waals surface area (Å²) < 4.78 is 5.97. The summed E-state index contributed by atoms with van der Waals surface area (Å²) in [7, 11) is 0. The Labute approximate surface area is 118 Å². The highest BCUT2D eigenvalue weighted by atomic mass is 35.5. The topological polar surface area (TPSA) is 52.0 Å². The van der Waals surface area contributed by atoms with Gasteiger partial charge in [-0.05, 0) is 25.0 Å². The Hall–Kier alpha value is -1.06. The minimum absolute atomic E-state index is 0.0984. The number of hydrogen-bond acceptors (Lipinski definition) is 3. The number of para-hydroxylation sites is 1. The summed E-state index contributed by atoms with van der Waals surface area (Å²) in [6.45, 7) is 0.595. The first-order valence-electron chi connectivity index (χ1n) is 7.01. The Morgan fingerprint density at radius 2 is 1.95 bits per heavy atom. The fraction of sp³-hybridized carbons (Fsp3) is 0.533. The van der Waals surface area contributed by atoms with Gasteiger partial charge in [-0.3, -0.25) is 0 Å². The lowest BCUT2D eigenvalue weighted by Crippen LogP contribution is -2.35. The number of fused-ring (bicyclic) bond motifs is 1. The molecule has 1 aliphatic carbocycles. The number of rotatable bonds is 2. The first-order chi connectivity index (χ1) is 9.25. The number of oxazole rings is 1. The molecule has 4 heteroatoms. The summed E-state index contributed by atoms with van der Waals surface area (Å²) in [4.78, 5) is 4.65. The van der Waals surface area contributed by atoms with E-state index in [9.17, 15) is 0 Å². The van der Waals surface area contributed by atoms with Crippen LogP contribution in [0.15, 0.2) is 22.6 Å². The predicted molar refractivity (Wildman–Crippen MR) is 77.5 cm³/mol. The minimum Gasteiger partial charge on any atom is -0.438 e. The molecule has 3 nitrogen and oxygen atoms in total. The summed E-state index contributed by atoms with van der Waals surface area (Å²) >= 11 is 6.17. The van der Waals surface area contributed by atoms with Gasteiger partial charge < -0.3 is 10.2 Å². The molecule has 0 bridgehead atoms. The second-order valence-corrected chi connectivity index (χ2v) is 5.91. The highest BCUT2D eigenvalue weighted by Crippen LogP contribution is 2.39. The molecule has 0 atom stereocenters. The van der Waals surface area contributed by atoms with Crippen LogP contribution in [0.25, 0.3) is 11.1 Å². The summed E-state index contributed by atoms with van der Waals surface area (Å²) in [5, 5.41) is 0.622. The summed E-state index contributed by atoms with van der Waals surface area (Å²) in [5.74, 6) is 0.778. The van der Waals surface area contributed by atoms with E-state index in [0.717, 1.165) is 24.2 Å². The lowest BCUT2D eigenvalue weighted by atomic mass is 9.80. The monoisotopic (exact) mass is 278 g/mol. The van der Waals surface area contributed by atoms with Gasteiger partial charge in [-0.2, -0.15) is 0 Å². The predicted octanol–water partition coefficient (Wildman–Crippen LogP) is 4.03. The first kappa shape index (κ1) is 12.9. The van der Waals surface area contributed by atoms with Gasteiger partial charge in [0.1, 0.15) is 5.52 Å². The number of aromatic nitrogens is 1. The van der Waals surface area contributed by atoms with Crippen LogP contribution in [0, 0.1) is 0 Å². The van der Waals surface area contributed by atoms with E-state index < -0.39 is 0 Å². The van der Waals surface area contributed by atoms with Crippen molar-refractivity contribution in [1.82, 2.24) is 4.98 Å². The van der Waals surface area contributed by atoms with Crippen LogP contribution in [-0.4, -0.2) is 11.5 Å². The maximum atomic E-state index is 6.17. The zero-order valence-electron chi connectivity index (χ0n) is 11.0. The van der Waals surface area contributed by atoms with Gasteiger partial charge in [-0.25, -0.2) is 4.98 Å². The molecule has 1 aliphatic rings. The lowest BCUT2D eigenvalue weighted by Gasteiger charge is -2.27. The largest absolute Gasteiger partial charge is 0.438 e. The van der Waals surface area contributed by atoms with E-state index in [-0.39, 0.29) is 5.41 Å². The van der Waals surface area contributed by atoms with E-state index in [1.165, 1.54) is 25.7 Å². The fourth-order valence-electron chi connectivity index (χ4n) is 3.05. The molecule has 2 aromatic rings. The highest BCUT2D eigenvalue weighted by molar-refractivity contribution is 6.34. The molecule has 1 aromatic carbocycles. The van der Waals surface area contributed by atoms with Crippen LogP contribution in [0.5, 0.6) is 0 Å². The van der Waals surface area contributed by atoms with Gasteiger partial charge in [0.15, 0.2) is 5.58 Å². The van der Waals surface area contributed by atoms with E-state index in [4.69, 9.17) is 21.8 Å². The van der Waals surface area contributed by atoms with E-state index in [1.807, 2.05) is 18.2 Å². The van der Waals surface area contributed by atoms with Gasteiger partial charge in [0, 0.05) is 6.54 Å². The minimum atomic E-state index is -0.0984. The van der Waals surface area contributed by atoms with Crippen molar-refractivity contribution in [3.63, 3.8) is 0 Å². The first-order valence-corrected chi connectivity index (χ1v) is 7.39. The standard InChI is InChI=1S/C15H19ClN2O/c16-11-6-5-7-12-13(11)19-14(18-12)15(10-17)8-3-1-2-4-9-15/h5-7H,1-4,8-10,17H2. The molecule has 0 saturated heterocycles. The Balaban J connectivity index is 2.07. The Bertz CT molecular complexity index is 571. The van der Waals surface area contributed by atoms with Gasteiger partial charge in [-0.15, -0.1) is 0 Å². The van der Waals surface area contributed by atoms with Crippen LogP contribution < -0.4 is 5.73 Å². The zero-order valence-corrected chi connectivity index (χ0v) is 11.7. The maximum Gasteiger partial charge on any atom is 0.203 e. The molecule has 0 aliphatic heterocycles. The Morgan fingerprint density at radius 3 is 2.58 bits per heavy atom. The van der Waals surface area contributed by atoms with Crippen LogP contribution in [-0.2, 0) is 5.41 Å². The second kappa shape index (κ2) is 5.14. The Kier molecular flexibility index (Phi) is 3.50. The van der Waals surface area contributed by atoms with Crippen LogP contribution in [0.2, 0.25) is 5.02 Å². The molecule has 1 saturated carbocycles. The van der Waals surface area contributed by atoms with E-state index >= 15 is 0 Å². The van der Waals surface area contributed by atoms with Crippen LogP contribution in [0.4, 0.5) is 0 Å². The molecule has 19 heavy (non-hydrogen) atoms. The van der Waals surface area contributed by atoms with Crippen molar-refractivity contribution in [2.75, 3.05) is 6.54 Å². The van der Waals surface area contributed by atoms with Gasteiger partial charge in [0.25, 0.3) is 0 Å². The average molecular weight is 279 g/mol. The number of nitrogens with zero attached hydrogens (tertiary/aromatic N) is 1. The maximum absolute atomic E-state index is 6.17. The molecule has 0 unspecified atom stereocenters. The molecule has 0 spiro atoms. The third kappa shape index (κ3) is 2.26. The van der Waals surface area contributed by atoms with Crippen molar-refractivity contribution in [3.05, 3.63) is 29.1 Å². The smallest absolute Gasteiger partial charge is 0.203 e. The van der Waals surface area contributed by atoms with Gasteiger partial charge in [0.2, 0.25) is 5.89 Å². The van der Waals surface area contributed by atoms with Crippen molar-refractivity contribution in [2.45, 2.75) is 43.9 Å². The molecule has 0 radical (unpaired) electrons. The fourth-order valence-corrected chi connectivity index (χ4v) is 3.26.